The number of carbonyl (C=O) groups is 1. The monoisotopic (exact) mass is 334 g/mol. The van der Waals surface area contributed by atoms with Crippen molar-refractivity contribution in [2.45, 2.75) is 38.3 Å². The Kier molecular flexibility index (Phi) is 5.03. The van der Waals surface area contributed by atoms with Gasteiger partial charge in [-0.25, -0.2) is 9.37 Å². The van der Waals surface area contributed by atoms with Gasteiger partial charge in [0.25, 0.3) is 0 Å². The van der Waals surface area contributed by atoms with Crippen molar-refractivity contribution in [2.75, 3.05) is 6.61 Å². The molecule has 0 aliphatic carbocycles. The van der Waals surface area contributed by atoms with Crippen LogP contribution in [-0.2, 0) is 16.0 Å². The number of aromatic nitrogens is 1. The van der Waals surface area contributed by atoms with E-state index in [9.17, 15) is 9.18 Å². The second-order valence-electron chi connectivity index (χ2n) is 5.68. The minimum absolute atomic E-state index is 0.0680. The number of amides is 1. The largest absolute Gasteiger partial charge is 0.376 e. The topological polar surface area (TPSA) is 51.2 Å². The van der Waals surface area contributed by atoms with E-state index in [1.54, 1.807) is 12.1 Å². The van der Waals surface area contributed by atoms with Crippen LogP contribution in [0.25, 0.3) is 0 Å². The molecule has 1 aliphatic heterocycles. The Labute approximate surface area is 138 Å². The van der Waals surface area contributed by atoms with Gasteiger partial charge in [0.15, 0.2) is 0 Å². The lowest BCUT2D eigenvalue weighted by Crippen LogP contribution is -2.37. The van der Waals surface area contributed by atoms with Gasteiger partial charge in [0.1, 0.15) is 5.82 Å². The summed E-state index contributed by atoms with van der Waals surface area (Å²) < 4.78 is 18.9. The average molecular weight is 334 g/mol. The minimum atomic E-state index is -0.288. The minimum Gasteiger partial charge on any atom is -0.376 e. The number of thiazole rings is 1. The summed E-state index contributed by atoms with van der Waals surface area (Å²) >= 11 is 1.53. The molecule has 0 radical (unpaired) electrons. The predicted octanol–water partition coefficient (Wildman–Crippen LogP) is 3.17. The molecule has 0 bridgehead atoms. The number of ether oxygens (including phenoxy) is 1. The van der Waals surface area contributed by atoms with Gasteiger partial charge < -0.3 is 10.1 Å². The predicted molar refractivity (Wildman–Crippen MR) is 86.8 cm³/mol. The lowest BCUT2D eigenvalue weighted by molar-refractivity contribution is -0.122. The van der Waals surface area contributed by atoms with Crippen molar-refractivity contribution in [3.63, 3.8) is 0 Å². The van der Waals surface area contributed by atoms with Crippen molar-refractivity contribution >= 4 is 17.2 Å². The molecule has 0 unspecified atom stereocenters. The Bertz CT molecular complexity index is 665. The van der Waals surface area contributed by atoms with E-state index in [1.165, 1.54) is 23.5 Å². The molecule has 1 fully saturated rings. The van der Waals surface area contributed by atoms with E-state index in [2.05, 4.69) is 10.3 Å². The molecule has 1 saturated heterocycles. The molecule has 1 aromatic carbocycles. The number of benzene rings is 1. The van der Waals surface area contributed by atoms with Gasteiger partial charge in [-0.05, 0) is 37.5 Å². The van der Waals surface area contributed by atoms with Gasteiger partial charge in [0, 0.05) is 12.0 Å². The Balaban J connectivity index is 1.72. The standard InChI is InChI=1S/C17H19FN2O2S/c1-11-19-14(10-23-11)9-16(21)20-17(15-3-2-8-22-15)12-4-6-13(18)7-5-12/h4-7,10,15,17H,2-3,8-9H2,1H3,(H,20,21)/t15-,17-/m0/s1. The number of nitrogens with zero attached hydrogens (tertiary/aromatic N) is 1. The zero-order valence-corrected chi connectivity index (χ0v) is 13.7. The highest BCUT2D eigenvalue weighted by atomic mass is 32.1. The van der Waals surface area contributed by atoms with Gasteiger partial charge in [0.2, 0.25) is 5.91 Å². The third kappa shape index (κ3) is 4.14. The van der Waals surface area contributed by atoms with Crippen molar-refractivity contribution in [1.29, 1.82) is 0 Å². The molecule has 23 heavy (non-hydrogen) atoms. The van der Waals surface area contributed by atoms with Gasteiger partial charge in [-0.3, -0.25) is 4.79 Å². The Morgan fingerprint density at radius 1 is 1.48 bits per heavy atom. The SMILES string of the molecule is Cc1nc(CC(=O)N[C@@H](c2ccc(F)cc2)[C@@H]2CCCO2)cs1. The fourth-order valence-electron chi connectivity index (χ4n) is 2.80. The zero-order valence-electron chi connectivity index (χ0n) is 12.9. The highest BCUT2D eigenvalue weighted by molar-refractivity contribution is 7.09. The number of aryl methyl sites for hydroxylation is 1. The molecular formula is C17H19FN2O2S. The van der Waals surface area contributed by atoms with Crippen molar-refractivity contribution in [1.82, 2.24) is 10.3 Å². The number of halogens is 1. The number of carbonyl (C=O) groups excluding carboxylic acids is 1. The van der Waals surface area contributed by atoms with Crippen LogP contribution in [0.4, 0.5) is 4.39 Å². The molecule has 1 N–H and O–H groups in total. The van der Waals surface area contributed by atoms with E-state index >= 15 is 0 Å². The maximum absolute atomic E-state index is 13.2. The fraction of sp³-hybridized carbons (Fsp3) is 0.412. The Morgan fingerprint density at radius 3 is 2.87 bits per heavy atom. The number of hydrogen-bond donors (Lipinski definition) is 1. The second-order valence-corrected chi connectivity index (χ2v) is 6.75. The second kappa shape index (κ2) is 7.19. The van der Waals surface area contributed by atoms with E-state index in [-0.39, 0.29) is 30.3 Å². The van der Waals surface area contributed by atoms with Crippen LogP contribution in [0.5, 0.6) is 0 Å². The zero-order chi connectivity index (χ0) is 16.2. The summed E-state index contributed by atoms with van der Waals surface area (Å²) in [6, 6.07) is 5.97. The van der Waals surface area contributed by atoms with E-state index < -0.39 is 0 Å². The first kappa shape index (κ1) is 16.1. The van der Waals surface area contributed by atoms with E-state index in [0.717, 1.165) is 29.1 Å². The molecule has 1 amide bonds. The Hall–Kier alpha value is -1.79. The average Bonchev–Trinajstić information content (AvgIpc) is 3.18. The summed E-state index contributed by atoms with van der Waals surface area (Å²) in [6.45, 7) is 2.61. The smallest absolute Gasteiger partial charge is 0.226 e. The lowest BCUT2D eigenvalue weighted by atomic mass is 9.99. The summed E-state index contributed by atoms with van der Waals surface area (Å²) in [7, 11) is 0. The maximum Gasteiger partial charge on any atom is 0.226 e. The molecule has 1 aliphatic rings. The fourth-order valence-corrected chi connectivity index (χ4v) is 3.42. The third-order valence-electron chi connectivity index (χ3n) is 3.89. The van der Waals surface area contributed by atoms with E-state index in [4.69, 9.17) is 4.74 Å². The molecule has 0 saturated carbocycles. The summed E-state index contributed by atoms with van der Waals surface area (Å²) in [4.78, 5) is 16.7. The molecule has 0 spiro atoms. The van der Waals surface area contributed by atoms with Crippen LogP contribution in [-0.4, -0.2) is 23.6 Å². The highest BCUT2D eigenvalue weighted by Gasteiger charge is 2.28. The van der Waals surface area contributed by atoms with Crippen LogP contribution < -0.4 is 5.32 Å². The molecule has 2 atom stereocenters. The molecule has 122 valence electrons. The molecule has 2 aromatic rings. The van der Waals surface area contributed by atoms with Gasteiger partial charge in [0.05, 0.1) is 29.3 Å². The first-order chi connectivity index (χ1) is 11.1. The van der Waals surface area contributed by atoms with Crippen molar-refractivity contribution in [3.8, 4) is 0 Å². The van der Waals surface area contributed by atoms with E-state index in [0.29, 0.717) is 6.61 Å². The molecular weight excluding hydrogens is 315 g/mol. The number of nitrogens with one attached hydrogen (secondary N) is 1. The first-order valence-corrected chi connectivity index (χ1v) is 8.57. The summed E-state index contributed by atoms with van der Waals surface area (Å²) in [5.41, 5.74) is 1.64. The van der Waals surface area contributed by atoms with E-state index in [1.807, 2.05) is 12.3 Å². The van der Waals surface area contributed by atoms with Crippen LogP contribution >= 0.6 is 11.3 Å². The maximum atomic E-state index is 13.2. The van der Waals surface area contributed by atoms with Crippen LogP contribution in [0.2, 0.25) is 0 Å². The third-order valence-corrected chi connectivity index (χ3v) is 4.71. The Morgan fingerprint density at radius 2 is 2.26 bits per heavy atom. The van der Waals surface area contributed by atoms with Gasteiger partial charge in [-0.2, -0.15) is 0 Å². The van der Waals surface area contributed by atoms with Gasteiger partial charge in [-0.15, -0.1) is 11.3 Å². The molecule has 1 aromatic heterocycles. The molecule has 2 heterocycles. The first-order valence-electron chi connectivity index (χ1n) is 7.69. The summed E-state index contributed by atoms with van der Waals surface area (Å²) in [5, 5.41) is 5.87. The van der Waals surface area contributed by atoms with Gasteiger partial charge in [-0.1, -0.05) is 12.1 Å². The van der Waals surface area contributed by atoms with Gasteiger partial charge >= 0.3 is 0 Å². The summed E-state index contributed by atoms with van der Waals surface area (Å²) in [5.74, 6) is -0.385. The lowest BCUT2D eigenvalue weighted by Gasteiger charge is -2.24. The highest BCUT2D eigenvalue weighted by Crippen LogP contribution is 2.27. The normalized spacial score (nSPS) is 18.8. The van der Waals surface area contributed by atoms with Crippen molar-refractivity contribution in [2.24, 2.45) is 0 Å². The van der Waals surface area contributed by atoms with Crippen LogP contribution in [0.1, 0.15) is 35.1 Å². The summed E-state index contributed by atoms with van der Waals surface area (Å²) in [6.07, 6.45) is 2.04. The van der Waals surface area contributed by atoms with Crippen LogP contribution in [0, 0.1) is 12.7 Å². The van der Waals surface area contributed by atoms with Crippen LogP contribution in [0.15, 0.2) is 29.6 Å². The van der Waals surface area contributed by atoms with Crippen LogP contribution in [0.3, 0.4) is 0 Å². The van der Waals surface area contributed by atoms with Crippen molar-refractivity contribution in [3.05, 3.63) is 51.7 Å². The molecule has 4 nitrogen and oxygen atoms in total. The number of rotatable bonds is 5. The molecule has 3 rings (SSSR count). The number of hydrogen-bond acceptors (Lipinski definition) is 4. The quantitative estimate of drug-likeness (QED) is 0.914. The molecule has 6 heteroatoms. The van der Waals surface area contributed by atoms with Crippen molar-refractivity contribution < 1.29 is 13.9 Å².